The molecule has 0 aromatic rings. The molecular formula is C20H30O8. The number of rotatable bonds is 9. The van der Waals surface area contributed by atoms with Crippen molar-refractivity contribution in [3.05, 3.63) is 0 Å². The van der Waals surface area contributed by atoms with Crippen LogP contribution in [0, 0.1) is 33.5 Å². The molecule has 0 spiro atoms. The van der Waals surface area contributed by atoms with Crippen LogP contribution in [0.3, 0.4) is 0 Å². The van der Waals surface area contributed by atoms with Gasteiger partial charge in [0, 0.05) is 0 Å². The van der Waals surface area contributed by atoms with E-state index in [-0.39, 0.29) is 11.8 Å². The van der Waals surface area contributed by atoms with Gasteiger partial charge in [-0.2, -0.15) is 0 Å². The lowest BCUT2D eigenvalue weighted by molar-refractivity contribution is -0.204. The molecule has 2 aliphatic carbocycles. The molecule has 0 aliphatic heterocycles. The second kappa shape index (κ2) is 6.74. The maximum absolute atomic E-state index is 11.7. The van der Waals surface area contributed by atoms with E-state index < -0.39 is 45.5 Å². The Morgan fingerprint density at radius 3 is 1.14 bits per heavy atom. The molecule has 6 atom stereocenters. The molecule has 0 heterocycles. The van der Waals surface area contributed by atoms with Crippen LogP contribution in [-0.4, -0.2) is 44.3 Å². The fourth-order valence-corrected chi connectivity index (χ4v) is 5.46. The van der Waals surface area contributed by atoms with Gasteiger partial charge in [-0.05, 0) is 65.2 Å². The number of carbonyl (C=O) groups is 4. The van der Waals surface area contributed by atoms with Crippen LogP contribution in [-0.2, 0) is 19.2 Å². The van der Waals surface area contributed by atoms with E-state index in [1.807, 2.05) is 0 Å². The zero-order valence-corrected chi connectivity index (χ0v) is 16.8. The molecule has 2 saturated carbocycles. The second-order valence-electron chi connectivity index (χ2n) is 9.38. The largest absolute Gasteiger partial charge is 0.481 e. The summed E-state index contributed by atoms with van der Waals surface area (Å²) >= 11 is 0. The lowest BCUT2D eigenvalue weighted by Gasteiger charge is -2.57. The van der Waals surface area contributed by atoms with Crippen LogP contribution in [0.1, 0.15) is 66.2 Å². The van der Waals surface area contributed by atoms with Gasteiger partial charge in [-0.1, -0.05) is 12.8 Å². The molecule has 0 saturated heterocycles. The van der Waals surface area contributed by atoms with Crippen LogP contribution >= 0.6 is 0 Å². The van der Waals surface area contributed by atoms with Crippen LogP contribution in [0.25, 0.3) is 0 Å². The molecule has 2 fully saturated rings. The Kier molecular flexibility index (Phi) is 5.34. The summed E-state index contributed by atoms with van der Waals surface area (Å²) in [4.78, 5) is 46.5. The molecule has 8 nitrogen and oxygen atoms in total. The summed E-state index contributed by atoms with van der Waals surface area (Å²) < 4.78 is 0. The molecule has 0 aromatic carbocycles. The van der Waals surface area contributed by atoms with Crippen LogP contribution in [0.5, 0.6) is 0 Å². The van der Waals surface area contributed by atoms with Gasteiger partial charge in [-0.3, -0.25) is 19.2 Å². The van der Waals surface area contributed by atoms with Gasteiger partial charge < -0.3 is 20.4 Å². The fraction of sp³-hybridized carbons (Fsp3) is 0.800. The van der Waals surface area contributed by atoms with Crippen molar-refractivity contribution in [3.63, 3.8) is 0 Å². The van der Waals surface area contributed by atoms with Crippen molar-refractivity contribution in [1.82, 2.24) is 0 Å². The molecule has 0 radical (unpaired) electrons. The molecule has 0 aromatic heterocycles. The molecule has 6 unspecified atom stereocenters. The summed E-state index contributed by atoms with van der Waals surface area (Å²) in [6.45, 7) is 5.92. The zero-order chi connectivity index (χ0) is 21.7. The van der Waals surface area contributed by atoms with E-state index in [0.29, 0.717) is 38.5 Å². The van der Waals surface area contributed by atoms with Crippen molar-refractivity contribution in [1.29, 1.82) is 0 Å². The normalized spacial score (nSPS) is 42.1. The molecule has 158 valence electrons. The minimum Gasteiger partial charge on any atom is -0.481 e. The first-order chi connectivity index (χ1) is 12.7. The standard InChI is InChI=1S/C20H30O8/c1-17(13(21)22)9-11(19(17,3)15(25)26)7-5-6-8-12-10-18(2,14(23)24)20(12,4)16(27)28/h11-12H,5-10H2,1-4H3,(H,21,22)(H,23,24)(H,25,26)(H,27,28). The van der Waals surface area contributed by atoms with E-state index in [9.17, 15) is 39.6 Å². The van der Waals surface area contributed by atoms with Crippen LogP contribution in [0.2, 0.25) is 0 Å². The van der Waals surface area contributed by atoms with E-state index in [0.717, 1.165) is 0 Å². The third-order valence-electron chi connectivity index (χ3n) is 8.42. The Morgan fingerprint density at radius 1 is 0.643 bits per heavy atom. The van der Waals surface area contributed by atoms with Crippen molar-refractivity contribution < 1.29 is 39.6 Å². The number of aliphatic carboxylic acids is 4. The highest BCUT2D eigenvalue weighted by Gasteiger charge is 2.69. The summed E-state index contributed by atoms with van der Waals surface area (Å²) in [5.74, 6) is -4.92. The summed E-state index contributed by atoms with van der Waals surface area (Å²) in [7, 11) is 0. The molecule has 28 heavy (non-hydrogen) atoms. The monoisotopic (exact) mass is 398 g/mol. The van der Waals surface area contributed by atoms with Crippen molar-refractivity contribution >= 4 is 23.9 Å². The number of hydrogen-bond donors (Lipinski definition) is 4. The number of unbranched alkanes of at least 4 members (excludes halogenated alkanes) is 1. The van der Waals surface area contributed by atoms with Gasteiger partial charge >= 0.3 is 23.9 Å². The third-order valence-corrected chi connectivity index (χ3v) is 8.42. The van der Waals surface area contributed by atoms with Gasteiger partial charge in [-0.15, -0.1) is 0 Å². The summed E-state index contributed by atoms with van der Waals surface area (Å²) in [5, 5.41) is 38.0. The Hall–Kier alpha value is -2.12. The van der Waals surface area contributed by atoms with Gasteiger partial charge in [0.2, 0.25) is 0 Å². The topological polar surface area (TPSA) is 149 Å². The predicted molar refractivity (Wildman–Crippen MR) is 97.7 cm³/mol. The number of hydrogen-bond acceptors (Lipinski definition) is 4. The lowest BCUT2D eigenvalue weighted by atomic mass is 9.43. The van der Waals surface area contributed by atoms with E-state index in [1.54, 1.807) is 0 Å². The SMILES string of the molecule is CC1(C(=O)O)CC(CCCCC2CC(C)(C(=O)O)C2(C)C(=O)O)C1(C)C(=O)O. The second-order valence-corrected chi connectivity index (χ2v) is 9.38. The first kappa shape index (κ1) is 22.2. The van der Waals surface area contributed by atoms with Crippen LogP contribution in [0.4, 0.5) is 0 Å². The maximum Gasteiger partial charge on any atom is 0.310 e. The van der Waals surface area contributed by atoms with Gasteiger partial charge in [0.05, 0.1) is 21.7 Å². The average molecular weight is 398 g/mol. The Balaban J connectivity index is 1.94. The highest BCUT2D eigenvalue weighted by molar-refractivity contribution is 5.89. The fourth-order valence-electron chi connectivity index (χ4n) is 5.46. The number of carboxylic acids is 4. The van der Waals surface area contributed by atoms with Gasteiger partial charge in [-0.25, -0.2) is 0 Å². The molecule has 2 rings (SSSR count). The highest BCUT2D eigenvalue weighted by Crippen LogP contribution is 2.64. The quantitative estimate of drug-likeness (QED) is 0.433. The minimum atomic E-state index is -1.33. The van der Waals surface area contributed by atoms with Crippen molar-refractivity contribution in [2.24, 2.45) is 33.5 Å². The smallest absolute Gasteiger partial charge is 0.310 e. The minimum absolute atomic E-state index is 0.248. The van der Waals surface area contributed by atoms with Crippen molar-refractivity contribution in [2.45, 2.75) is 66.2 Å². The molecule has 8 heteroatoms. The Morgan fingerprint density at radius 2 is 0.929 bits per heavy atom. The first-order valence-corrected chi connectivity index (χ1v) is 9.63. The Labute approximate surface area is 163 Å². The lowest BCUT2D eigenvalue weighted by Crippen LogP contribution is -2.63. The molecule has 0 bridgehead atoms. The van der Waals surface area contributed by atoms with E-state index in [2.05, 4.69) is 0 Å². The Bertz CT molecular complexity index is 657. The highest BCUT2D eigenvalue weighted by atomic mass is 16.4. The summed E-state index contributed by atoms with van der Waals surface area (Å²) in [6, 6.07) is 0. The predicted octanol–water partition coefficient (Wildman–Crippen LogP) is 2.95. The molecule has 4 N–H and O–H groups in total. The van der Waals surface area contributed by atoms with E-state index in [1.165, 1.54) is 27.7 Å². The number of carboxylic acid groups (broad SMARTS) is 4. The maximum atomic E-state index is 11.7. The molecule has 2 aliphatic rings. The van der Waals surface area contributed by atoms with Crippen LogP contribution in [0.15, 0.2) is 0 Å². The van der Waals surface area contributed by atoms with Gasteiger partial charge in [0.1, 0.15) is 0 Å². The zero-order valence-electron chi connectivity index (χ0n) is 16.8. The van der Waals surface area contributed by atoms with Crippen molar-refractivity contribution in [2.75, 3.05) is 0 Å². The third kappa shape index (κ3) is 2.63. The van der Waals surface area contributed by atoms with E-state index >= 15 is 0 Å². The van der Waals surface area contributed by atoms with E-state index in [4.69, 9.17) is 0 Å². The first-order valence-electron chi connectivity index (χ1n) is 9.63. The average Bonchev–Trinajstić information content (AvgIpc) is 2.60. The van der Waals surface area contributed by atoms with Crippen molar-refractivity contribution in [3.8, 4) is 0 Å². The molecule has 0 amide bonds. The summed E-state index contributed by atoms with van der Waals surface area (Å²) in [5.41, 5.74) is -5.23. The van der Waals surface area contributed by atoms with Gasteiger partial charge in [0.15, 0.2) is 0 Å². The van der Waals surface area contributed by atoms with Crippen LogP contribution < -0.4 is 0 Å². The molecular weight excluding hydrogens is 368 g/mol. The summed E-state index contributed by atoms with van der Waals surface area (Å²) in [6.07, 6.45) is 3.02. The van der Waals surface area contributed by atoms with Gasteiger partial charge in [0.25, 0.3) is 0 Å².